The van der Waals surface area contributed by atoms with E-state index in [0.29, 0.717) is 60.1 Å². The minimum Gasteiger partial charge on any atom is -0.390 e. The second kappa shape index (κ2) is 10.4. The zero-order chi connectivity index (χ0) is 29.7. The molecule has 0 bridgehead atoms. The Hall–Kier alpha value is -3.89. The normalized spacial score (nSPS) is 21.3. The highest BCUT2D eigenvalue weighted by atomic mass is 32.2. The smallest absolute Gasteiger partial charge is 0.256 e. The minimum atomic E-state index is -3.51. The first-order valence-electron chi connectivity index (χ1n) is 13.5. The van der Waals surface area contributed by atoms with Gasteiger partial charge >= 0.3 is 0 Å². The van der Waals surface area contributed by atoms with Crippen LogP contribution in [0.5, 0.6) is 0 Å². The van der Waals surface area contributed by atoms with Crippen molar-refractivity contribution >= 4 is 37.2 Å². The van der Waals surface area contributed by atoms with Gasteiger partial charge in [0, 0.05) is 30.8 Å². The fourth-order valence-electron chi connectivity index (χ4n) is 4.83. The van der Waals surface area contributed by atoms with Gasteiger partial charge in [-0.1, -0.05) is 0 Å². The predicted octanol–water partition coefficient (Wildman–Crippen LogP) is 2.51. The maximum atomic E-state index is 12.5. The molecular formula is C26H31N9O5S2. The lowest BCUT2D eigenvalue weighted by Crippen LogP contribution is -2.36. The van der Waals surface area contributed by atoms with Gasteiger partial charge in [-0.15, -0.1) is 0 Å². The molecule has 0 atom stereocenters. The van der Waals surface area contributed by atoms with Gasteiger partial charge in [0.25, 0.3) is 10.0 Å². The number of aromatic nitrogens is 7. The third-order valence-electron chi connectivity index (χ3n) is 7.43. The Kier molecular flexibility index (Phi) is 7.01. The molecular weight excluding hydrogens is 582 g/mol. The summed E-state index contributed by atoms with van der Waals surface area (Å²) in [5.41, 5.74) is 0.993. The molecule has 0 spiro atoms. The number of anilines is 3. The Morgan fingerprint density at radius 1 is 1.02 bits per heavy atom. The van der Waals surface area contributed by atoms with E-state index in [9.17, 15) is 21.9 Å². The summed E-state index contributed by atoms with van der Waals surface area (Å²) < 4.78 is 51.5. The van der Waals surface area contributed by atoms with Crippen molar-refractivity contribution in [1.82, 2.24) is 33.9 Å². The van der Waals surface area contributed by atoms with Crippen molar-refractivity contribution in [3.8, 4) is 17.1 Å². The topological polar surface area (TPSA) is 187 Å². The molecule has 14 nitrogen and oxygen atoms in total. The molecule has 4 aromatic rings. The molecule has 0 saturated heterocycles. The highest BCUT2D eigenvalue weighted by Gasteiger charge is 2.37. The molecule has 0 aromatic carbocycles. The van der Waals surface area contributed by atoms with Gasteiger partial charge in [0.05, 0.1) is 40.7 Å². The molecule has 0 aliphatic heterocycles. The molecule has 3 N–H and O–H groups in total. The van der Waals surface area contributed by atoms with Crippen LogP contribution in [0.4, 0.5) is 17.3 Å². The van der Waals surface area contributed by atoms with E-state index < -0.39 is 30.7 Å². The van der Waals surface area contributed by atoms with Crippen molar-refractivity contribution in [2.45, 2.75) is 67.4 Å². The summed E-state index contributed by atoms with van der Waals surface area (Å²) in [5.74, 6) is 1.18. The third-order valence-corrected chi connectivity index (χ3v) is 10.4. The highest BCUT2D eigenvalue weighted by Crippen LogP contribution is 2.33. The van der Waals surface area contributed by atoms with Crippen LogP contribution in [0.3, 0.4) is 0 Å². The highest BCUT2D eigenvalue weighted by molar-refractivity contribution is 7.90. The summed E-state index contributed by atoms with van der Waals surface area (Å²) in [5, 5.41) is 24.9. The van der Waals surface area contributed by atoms with E-state index in [-0.39, 0.29) is 11.1 Å². The van der Waals surface area contributed by atoms with Crippen LogP contribution in [0.2, 0.25) is 0 Å². The number of nitrogens with one attached hydrogen (secondary N) is 2. The summed E-state index contributed by atoms with van der Waals surface area (Å²) in [4.78, 5) is 13.3. The molecule has 2 aliphatic rings. The molecule has 4 aromatic heterocycles. The van der Waals surface area contributed by atoms with Crippen LogP contribution in [0, 0.1) is 0 Å². The molecule has 2 aliphatic carbocycles. The molecule has 6 rings (SSSR count). The maximum absolute atomic E-state index is 12.5. The number of nitrogens with zero attached hydrogens (tertiary/aromatic N) is 7. The number of rotatable bonds is 9. The molecule has 42 heavy (non-hydrogen) atoms. The first kappa shape index (κ1) is 28.2. The van der Waals surface area contributed by atoms with Crippen LogP contribution in [-0.2, 0) is 19.9 Å². The van der Waals surface area contributed by atoms with Gasteiger partial charge in [0.15, 0.2) is 20.7 Å². The number of sulfone groups is 1. The lowest BCUT2D eigenvalue weighted by molar-refractivity contribution is 0.0196. The summed E-state index contributed by atoms with van der Waals surface area (Å²) in [6.45, 7) is 1.84. The van der Waals surface area contributed by atoms with Gasteiger partial charge in [-0.2, -0.15) is 14.3 Å². The number of aliphatic hydroxyl groups is 1. The fourth-order valence-corrected chi connectivity index (χ4v) is 6.86. The molecule has 0 amide bonds. The van der Waals surface area contributed by atoms with E-state index in [1.54, 1.807) is 30.7 Å². The van der Waals surface area contributed by atoms with Crippen molar-refractivity contribution in [2.75, 3.05) is 16.9 Å². The van der Waals surface area contributed by atoms with Crippen molar-refractivity contribution in [2.24, 2.45) is 0 Å². The Labute approximate surface area is 243 Å². The van der Waals surface area contributed by atoms with Crippen LogP contribution in [-0.4, -0.2) is 79.0 Å². The van der Waals surface area contributed by atoms with Crippen LogP contribution < -0.4 is 10.6 Å². The fraction of sp³-hybridized carbons (Fsp3) is 0.423. The summed E-state index contributed by atoms with van der Waals surface area (Å²) in [6, 6.07) is 4.96. The first-order valence-corrected chi connectivity index (χ1v) is 16.9. The predicted molar refractivity (Wildman–Crippen MR) is 155 cm³/mol. The number of hydrogen-bond acceptors (Lipinski definition) is 12. The second-order valence-corrected chi connectivity index (χ2v) is 15.1. The van der Waals surface area contributed by atoms with Gasteiger partial charge < -0.3 is 15.7 Å². The van der Waals surface area contributed by atoms with Crippen molar-refractivity contribution < 1.29 is 21.9 Å². The first-order chi connectivity index (χ1) is 19.9. The average molecular weight is 614 g/mol. The monoisotopic (exact) mass is 613 g/mol. The molecule has 222 valence electrons. The lowest BCUT2D eigenvalue weighted by atomic mass is 9.83. The minimum absolute atomic E-state index is 0.0499. The largest absolute Gasteiger partial charge is 0.390 e. The van der Waals surface area contributed by atoms with Crippen LogP contribution in [0.25, 0.3) is 17.1 Å². The quantitative estimate of drug-likeness (QED) is 0.251. The van der Waals surface area contributed by atoms with Gasteiger partial charge in [-0.25, -0.2) is 36.5 Å². The van der Waals surface area contributed by atoms with Crippen LogP contribution in [0.15, 0.2) is 54.2 Å². The van der Waals surface area contributed by atoms with Crippen molar-refractivity contribution in [3.05, 3.63) is 49.2 Å². The Morgan fingerprint density at radius 3 is 2.48 bits per heavy atom. The van der Waals surface area contributed by atoms with Gasteiger partial charge in [0.1, 0.15) is 17.3 Å². The standard InChI is InChI=1S/C26H31N9O5S2/c1-26(36)9-5-18(6-10-26)30-20-13-23(28-15-21(20)34-12-8-24(33-34)41(2,37)38)31-22-7-11-27-25(32-22)17-14-29-35(16-17)42(39,40)19-3-4-19/h7-8,11-16,18-19,36H,3-6,9-10H2,1-2H3,(H2,27,28,30,31,32). The van der Waals surface area contributed by atoms with Crippen molar-refractivity contribution in [1.29, 1.82) is 0 Å². The summed E-state index contributed by atoms with van der Waals surface area (Å²) in [6.07, 6.45) is 12.7. The maximum Gasteiger partial charge on any atom is 0.256 e. The van der Waals surface area contributed by atoms with Gasteiger partial charge in [-0.05, 0) is 57.6 Å². The van der Waals surface area contributed by atoms with E-state index in [2.05, 4.69) is 35.8 Å². The molecule has 0 radical (unpaired) electrons. The Balaban J connectivity index is 1.27. The van der Waals surface area contributed by atoms with Gasteiger partial charge in [0.2, 0.25) is 0 Å². The van der Waals surface area contributed by atoms with E-state index in [1.807, 2.05) is 6.92 Å². The zero-order valence-corrected chi connectivity index (χ0v) is 24.7. The van der Waals surface area contributed by atoms with E-state index in [1.165, 1.54) is 23.1 Å². The number of hydrogen-bond donors (Lipinski definition) is 3. The van der Waals surface area contributed by atoms with Crippen molar-refractivity contribution in [3.63, 3.8) is 0 Å². The summed E-state index contributed by atoms with van der Waals surface area (Å²) >= 11 is 0. The van der Waals surface area contributed by atoms with Gasteiger partial charge in [-0.3, -0.25) is 0 Å². The van der Waals surface area contributed by atoms with Crippen LogP contribution in [0.1, 0.15) is 45.4 Å². The van der Waals surface area contributed by atoms with E-state index in [4.69, 9.17) is 0 Å². The Bertz CT molecular complexity index is 1840. The molecule has 16 heteroatoms. The summed E-state index contributed by atoms with van der Waals surface area (Å²) in [7, 11) is -7.00. The molecule has 2 fully saturated rings. The zero-order valence-electron chi connectivity index (χ0n) is 23.0. The van der Waals surface area contributed by atoms with E-state index in [0.717, 1.165) is 23.2 Å². The SMILES string of the molecule is CC1(O)CCC(Nc2cc(Nc3ccnc(-c4cnn(S(=O)(=O)C5CC5)c4)n3)ncc2-n2ccc(S(C)(=O)=O)n2)CC1. The Morgan fingerprint density at radius 2 is 1.79 bits per heavy atom. The average Bonchev–Trinajstić information content (AvgIpc) is 3.46. The van der Waals surface area contributed by atoms with Crippen LogP contribution >= 0.6 is 0 Å². The lowest BCUT2D eigenvalue weighted by Gasteiger charge is -2.34. The second-order valence-electron chi connectivity index (χ2n) is 11.1. The third kappa shape index (κ3) is 6.00. The van der Waals surface area contributed by atoms with E-state index >= 15 is 0 Å². The molecule has 2 saturated carbocycles. The number of pyridine rings is 1. The molecule has 0 unspecified atom stereocenters. The molecule has 4 heterocycles.